The van der Waals surface area contributed by atoms with E-state index in [1.54, 1.807) is 12.1 Å². The van der Waals surface area contributed by atoms with Crippen LogP contribution >= 0.6 is 11.6 Å². The zero-order valence-electron chi connectivity index (χ0n) is 18.0. The van der Waals surface area contributed by atoms with Gasteiger partial charge >= 0.3 is 5.97 Å². The largest absolute Gasteiger partial charge is 0.481 e. The van der Waals surface area contributed by atoms with Crippen LogP contribution in [0.25, 0.3) is 0 Å². The minimum Gasteiger partial charge on any atom is -0.481 e. The first kappa shape index (κ1) is 22.2. The summed E-state index contributed by atoms with van der Waals surface area (Å²) in [6.07, 6.45) is 2.24. The Hall–Kier alpha value is -3.05. The SMILES string of the molecule is Cc1c(CNc2ccc(CCC(=O)O)c(F)c2)ccc2c1N(c1cccc(Cl)c1)CCC2. The van der Waals surface area contributed by atoms with E-state index in [0.29, 0.717) is 17.8 Å². The first-order valence-electron chi connectivity index (χ1n) is 10.8. The van der Waals surface area contributed by atoms with Gasteiger partial charge in [-0.15, -0.1) is 0 Å². The van der Waals surface area contributed by atoms with Crippen LogP contribution in [0, 0.1) is 12.7 Å². The van der Waals surface area contributed by atoms with Crippen molar-refractivity contribution in [3.05, 3.63) is 87.7 Å². The van der Waals surface area contributed by atoms with Crippen LogP contribution in [-0.4, -0.2) is 17.6 Å². The van der Waals surface area contributed by atoms with E-state index >= 15 is 0 Å². The summed E-state index contributed by atoms with van der Waals surface area (Å²) in [6.45, 7) is 3.64. The van der Waals surface area contributed by atoms with E-state index < -0.39 is 5.97 Å². The van der Waals surface area contributed by atoms with E-state index in [4.69, 9.17) is 16.7 Å². The molecule has 0 aliphatic carbocycles. The number of carboxylic acid groups (broad SMARTS) is 1. The van der Waals surface area contributed by atoms with Gasteiger partial charge in [-0.25, -0.2) is 4.39 Å². The highest BCUT2D eigenvalue weighted by Crippen LogP contribution is 2.38. The number of nitrogens with one attached hydrogen (secondary N) is 1. The summed E-state index contributed by atoms with van der Waals surface area (Å²) >= 11 is 6.24. The topological polar surface area (TPSA) is 52.6 Å². The molecule has 2 N–H and O–H groups in total. The molecule has 4 rings (SSSR count). The van der Waals surface area contributed by atoms with Gasteiger partial charge in [-0.3, -0.25) is 4.79 Å². The molecular formula is C26H26ClFN2O2. The van der Waals surface area contributed by atoms with Crippen molar-refractivity contribution in [1.82, 2.24) is 0 Å². The van der Waals surface area contributed by atoms with E-state index in [9.17, 15) is 9.18 Å². The molecule has 1 heterocycles. The number of aryl methyl sites for hydroxylation is 2. The molecule has 0 fully saturated rings. The van der Waals surface area contributed by atoms with Gasteiger partial charge in [0.1, 0.15) is 5.82 Å². The molecular weight excluding hydrogens is 427 g/mol. The Bertz CT molecular complexity index is 1150. The summed E-state index contributed by atoms with van der Waals surface area (Å²) < 4.78 is 14.4. The number of halogens is 2. The summed E-state index contributed by atoms with van der Waals surface area (Å²) in [7, 11) is 0. The van der Waals surface area contributed by atoms with Crippen LogP contribution in [0.5, 0.6) is 0 Å². The van der Waals surface area contributed by atoms with Crippen LogP contribution in [0.1, 0.15) is 35.1 Å². The molecule has 3 aromatic rings. The van der Waals surface area contributed by atoms with Crippen molar-refractivity contribution >= 4 is 34.6 Å². The number of hydrogen-bond donors (Lipinski definition) is 2. The lowest BCUT2D eigenvalue weighted by atomic mass is 9.94. The first-order valence-corrected chi connectivity index (χ1v) is 11.2. The number of hydrogen-bond acceptors (Lipinski definition) is 3. The second-order valence-electron chi connectivity index (χ2n) is 8.15. The molecule has 0 saturated heterocycles. The Balaban J connectivity index is 1.54. The van der Waals surface area contributed by atoms with E-state index in [0.717, 1.165) is 35.7 Å². The van der Waals surface area contributed by atoms with Crippen LogP contribution in [0.3, 0.4) is 0 Å². The van der Waals surface area contributed by atoms with Crippen molar-refractivity contribution in [2.75, 3.05) is 16.8 Å². The second kappa shape index (κ2) is 9.61. The van der Waals surface area contributed by atoms with Gasteiger partial charge in [0.15, 0.2) is 0 Å². The molecule has 0 spiro atoms. The number of nitrogens with zero attached hydrogens (tertiary/aromatic N) is 1. The van der Waals surface area contributed by atoms with Gasteiger partial charge in [0.05, 0.1) is 0 Å². The fourth-order valence-electron chi connectivity index (χ4n) is 4.31. The number of benzene rings is 3. The maximum atomic E-state index is 14.4. The molecule has 1 aliphatic heterocycles. The molecule has 1 aliphatic rings. The van der Waals surface area contributed by atoms with Crippen molar-refractivity contribution in [3.63, 3.8) is 0 Å². The van der Waals surface area contributed by atoms with Crippen molar-refractivity contribution in [2.45, 2.75) is 39.2 Å². The number of rotatable bonds is 7. The smallest absolute Gasteiger partial charge is 0.303 e. The number of carboxylic acids is 1. The number of carbonyl (C=O) groups is 1. The van der Waals surface area contributed by atoms with Gasteiger partial charge in [-0.05, 0) is 78.8 Å². The standard InChI is InChI=1S/C26H26ClFN2O2/c1-17-20(16-29-22-11-9-18(24(28)15-22)10-12-25(31)32)8-7-19-4-3-13-30(26(17)19)23-6-2-5-21(27)14-23/h2,5-9,11,14-15,29H,3-4,10,12-13,16H2,1H3,(H,31,32). The molecule has 0 saturated carbocycles. The molecule has 0 amide bonds. The molecule has 0 radical (unpaired) electrons. The number of aliphatic carboxylic acids is 1. The van der Waals surface area contributed by atoms with Gasteiger partial charge in [0.25, 0.3) is 0 Å². The lowest BCUT2D eigenvalue weighted by Gasteiger charge is -2.34. The van der Waals surface area contributed by atoms with Crippen LogP contribution in [-0.2, 0) is 24.2 Å². The van der Waals surface area contributed by atoms with Crippen LogP contribution in [0.4, 0.5) is 21.5 Å². The van der Waals surface area contributed by atoms with Crippen LogP contribution in [0.15, 0.2) is 54.6 Å². The third-order valence-corrected chi connectivity index (χ3v) is 6.22. The van der Waals surface area contributed by atoms with Gasteiger partial charge in [0.2, 0.25) is 0 Å². The minimum atomic E-state index is -0.929. The molecule has 0 atom stereocenters. The third kappa shape index (κ3) is 4.89. The Morgan fingerprint density at radius 2 is 1.97 bits per heavy atom. The highest BCUT2D eigenvalue weighted by molar-refractivity contribution is 6.30. The maximum absolute atomic E-state index is 14.4. The Kier molecular flexibility index (Phi) is 6.66. The molecule has 4 nitrogen and oxygen atoms in total. The molecule has 0 bridgehead atoms. The van der Waals surface area contributed by atoms with E-state index in [2.05, 4.69) is 35.3 Å². The number of anilines is 3. The summed E-state index contributed by atoms with van der Waals surface area (Å²) in [4.78, 5) is 13.1. The van der Waals surface area contributed by atoms with Crippen molar-refractivity contribution < 1.29 is 14.3 Å². The van der Waals surface area contributed by atoms with Gasteiger partial charge in [-0.1, -0.05) is 35.9 Å². The van der Waals surface area contributed by atoms with Gasteiger partial charge in [0, 0.05) is 41.6 Å². The van der Waals surface area contributed by atoms with Crippen molar-refractivity contribution in [2.24, 2.45) is 0 Å². The molecule has 6 heteroatoms. The average Bonchev–Trinajstić information content (AvgIpc) is 2.77. The predicted molar refractivity (Wildman–Crippen MR) is 128 cm³/mol. The molecule has 0 aromatic heterocycles. The number of fused-ring (bicyclic) bond motifs is 1. The molecule has 166 valence electrons. The summed E-state index contributed by atoms with van der Waals surface area (Å²) in [5.41, 5.74) is 7.08. The van der Waals surface area contributed by atoms with Crippen molar-refractivity contribution in [3.8, 4) is 0 Å². The lowest BCUT2D eigenvalue weighted by Crippen LogP contribution is -2.26. The quantitative estimate of drug-likeness (QED) is 0.429. The average molecular weight is 453 g/mol. The highest BCUT2D eigenvalue weighted by Gasteiger charge is 2.22. The second-order valence-corrected chi connectivity index (χ2v) is 8.58. The Morgan fingerprint density at radius 1 is 1.16 bits per heavy atom. The molecule has 3 aromatic carbocycles. The first-order chi connectivity index (χ1) is 15.4. The van der Waals surface area contributed by atoms with Crippen LogP contribution < -0.4 is 10.2 Å². The zero-order valence-corrected chi connectivity index (χ0v) is 18.8. The zero-order chi connectivity index (χ0) is 22.7. The highest BCUT2D eigenvalue weighted by atomic mass is 35.5. The van der Waals surface area contributed by atoms with Crippen LogP contribution in [0.2, 0.25) is 5.02 Å². The third-order valence-electron chi connectivity index (χ3n) is 5.99. The Labute approximate surface area is 192 Å². The van der Waals surface area contributed by atoms with E-state index in [1.165, 1.54) is 22.9 Å². The van der Waals surface area contributed by atoms with Gasteiger partial charge < -0.3 is 15.3 Å². The molecule has 0 unspecified atom stereocenters. The monoisotopic (exact) mass is 452 g/mol. The molecule has 32 heavy (non-hydrogen) atoms. The Morgan fingerprint density at radius 3 is 2.72 bits per heavy atom. The van der Waals surface area contributed by atoms with E-state index in [1.807, 2.05) is 18.2 Å². The summed E-state index contributed by atoms with van der Waals surface area (Å²) in [5, 5.41) is 12.8. The van der Waals surface area contributed by atoms with Gasteiger partial charge in [-0.2, -0.15) is 0 Å². The van der Waals surface area contributed by atoms with Crippen molar-refractivity contribution in [1.29, 1.82) is 0 Å². The fraction of sp³-hybridized carbons (Fsp3) is 0.269. The van der Waals surface area contributed by atoms with E-state index in [-0.39, 0.29) is 18.7 Å². The predicted octanol–water partition coefficient (Wildman–Crippen LogP) is 6.50. The maximum Gasteiger partial charge on any atom is 0.303 e. The minimum absolute atomic E-state index is 0.0822. The summed E-state index contributed by atoms with van der Waals surface area (Å²) in [5.74, 6) is -1.31. The fourth-order valence-corrected chi connectivity index (χ4v) is 4.49. The lowest BCUT2D eigenvalue weighted by molar-refractivity contribution is -0.136. The normalized spacial score (nSPS) is 13.0. The summed E-state index contributed by atoms with van der Waals surface area (Å²) in [6, 6.07) is 17.1.